The maximum Gasteiger partial charge on any atom is 0.141 e. The normalized spacial score (nSPS) is 12.3. The molecule has 0 fully saturated rings. The molecule has 6 heteroatoms. The Balaban J connectivity index is 2.12. The van der Waals surface area contributed by atoms with E-state index < -0.39 is 10.8 Å². The number of hydrogen-bond acceptors (Lipinski definition) is 5. The molecule has 0 bridgehead atoms. The highest BCUT2D eigenvalue weighted by Gasteiger charge is 2.08. The molecule has 1 atom stereocenters. The van der Waals surface area contributed by atoms with Gasteiger partial charge in [-0.15, -0.1) is 0 Å². The molecule has 1 unspecified atom stereocenters. The lowest BCUT2D eigenvalue weighted by atomic mass is 10.1. The maximum absolute atomic E-state index is 11.7. The third-order valence-electron chi connectivity index (χ3n) is 3.41. The van der Waals surface area contributed by atoms with Gasteiger partial charge in [0, 0.05) is 39.1 Å². The van der Waals surface area contributed by atoms with Gasteiger partial charge >= 0.3 is 0 Å². The molecule has 2 aromatic carbocycles. The van der Waals surface area contributed by atoms with Crippen LogP contribution >= 0.6 is 0 Å². The van der Waals surface area contributed by atoms with Crippen LogP contribution in [0, 0.1) is 6.92 Å². The molecule has 1 aromatic heterocycles. The van der Waals surface area contributed by atoms with Gasteiger partial charge in [-0.1, -0.05) is 6.07 Å². The number of aromatic hydroxyl groups is 1. The van der Waals surface area contributed by atoms with Gasteiger partial charge in [-0.2, -0.15) is 0 Å². The summed E-state index contributed by atoms with van der Waals surface area (Å²) in [6, 6.07) is 10.6. The van der Waals surface area contributed by atoms with Gasteiger partial charge < -0.3 is 10.4 Å². The first-order chi connectivity index (χ1) is 10.5. The zero-order valence-electron chi connectivity index (χ0n) is 12.2. The van der Waals surface area contributed by atoms with Gasteiger partial charge in [0.1, 0.15) is 17.9 Å². The molecule has 0 amide bonds. The molecule has 0 aliphatic heterocycles. The molecule has 3 rings (SSSR count). The molecule has 3 aromatic rings. The highest BCUT2D eigenvalue weighted by Crippen LogP contribution is 2.28. The van der Waals surface area contributed by atoms with Gasteiger partial charge in [0.15, 0.2) is 0 Å². The highest BCUT2D eigenvalue weighted by molar-refractivity contribution is 7.84. The van der Waals surface area contributed by atoms with Crippen LogP contribution in [0.25, 0.3) is 10.9 Å². The number of nitrogens with zero attached hydrogens (tertiary/aromatic N) is 2. The Morgan fingerprint density at radius 3 is 2.73 bits per heavy atom. The molecular weight excluding hydrogens is 298 g/mol. The quantitative estimate of drug-likeness (QED) is 0.777. The Labute approximate surface area is 130 Å². The molecule has 0 saturated carbocycles. The smallest absolute Gasteiger partial charge is 0.141 e. The number of benzene rings is 2. The lowest BCUT2D eigenvalue weighted by Crippen LogP contribution is -1.98. The number of phenolic OH excluding ortho intramolecular Hbond substituents is 1. The van der Waals surface area contributed by atoms with Crippen molar-refractivity contribution in [2.45, 2.75) is 11.8 Å². The number of phenols is 1. The van der Waals surface area contributed by atoms with Gasteiger partial charge in [-0.05, 0) is 36.8 Å². The van der Waals surface area contributed by atoms with Crippen molar-refractivity contribution in [3.8, 4) is 5.75 Å². The van der Waals surface area contributed by atoms with E-state index in [2.05, 4.69) is 15.3 Å². The van der Waals surface area contributed by atoms with E-state index in [1.165, 1.54) is 6.33 Å². The average Bonchev–Trinajstić information content (AvgIpc) is 2.50. The van der Waals surface area contributed by atoms with Crippen LogP contribution in [0.3, 0.4) is 0 Å². The van der Waals surface area contributed by atoms with E-state index in [1.807, 2.05) is 25.1 Å². The van der Waals surface area contributed by atoms with Gasteiger partial charge in [-0.25, -0.2) is 9.97 Å². The van der Waals surface area contributed by atoms with E-state index in [-0.39, 0.29) is 5.75 Å². The summed E-state index contributed by atoms with van der Waals surface area (Å²) in [5.74, 6) is 0.799. The summed E-state index contributed by atoms with van der Waals surface area (Å²) in [6.07, 6.45) is 3.11. The van der Waals surface area contributed by atoms with Crippen LogP contribution in [0.4, 0.5) is 11.5 Å². The zero-order chi connectivity index (χ0) is 15.7. The Bertz CT molecular complexity index is 880. The van der Waals surface area contributed by atoms with Crippen molar-refractivity contribution in [1.29, 1.82) is 0 Å². The number of hydrogen-bond donors (Lipinski definition) is 2. The van der Waals surface area contributed by atoms with Crippen LogP contribution in [0.15, 0.2) is 47.6 Å². The molecule has 2 N–H and O–H groups in total. The van der Waals surface area contributed by atoms with Crippen LogP contribution in [0.5, 0.6) is 5.75 Å². The number of anilines is 2. The Morgan fingerprint density at radius 2 is 1.95 bits per heavy atom. The molecule has 112 valence electrons. The molecule has 1 heterocycles. The molecule has 0 aliphatic carbocycles. The Kier molecular flexibility index (Phi) is 3.77. The van der Waals surface area contributed by atoms with Crippen molar-refractivity contribution in [3.05, 3.63) is 48.3 Å². The second-order valence-corrected chi connectivity index (χ2v) is 6.36. The minimum atomic E-state index is -1.07. The summed E-state index contributed by atoms with van der Waals surface area (Å²) >= 11 is 0. The lowest BCUT2D eigenvalue weighted by molar-refractivity contribution is 0.475. The second-order valence-electron chi connectivity index (χ2n) is 4.98. The van der Waals surface area contributed by atoms with Crippen molar-refractivity contribution in [2.24, 2.45) is 0 Å². The Hall–Kier alpha value is -2.47. The van der Waals surface area contributed by atoms with Crippen LogP contribution in [0.1, 0.15) is 5.56 Å². The van der Waals surface area contributed by atoms with Crippen LogP contribution in [-0.2, 0) is 10.8 Å². The predicted molar refractivity (Wildman–Crippen MR) is 88.0 cm³/mol. The molecule has 0 radical (unpaired) electrons. The summed E-state index contributed by atoms with van der Waals surface area (Å²) in [5, 5.41) is 13.6. The Morgan fingerprint density at radius 1 is 1.14 bits per heavy atom. The van der Waals surface area contributed by atoms with Crippen LogP contribution < -0.4 is 5.32 Å². The predicted octanol–water partition coefficient (Wildman–Crippen LogP) is 3.12. The monoisotopic (exact) mass is 313 g/mol. The van der Waals surface area contributed by atoms with Gasteiger partial charge in [-0.3, -0.25) is 4.21 Å². The van der Waals surface area contributed by atoms with Crippen molar-refractivity contribution in [1.82, 2.24) is 9.97 Å². The first-order valence-electron chi connectivity index (χ1n) is 6.69. The largest absolute Gasteiger partial charge is 0.508 e. The first kappa shape index (κ1) is 14.5. The number of rotatable bonds is 3. The average molecular weight is 313 g/mol. The summed E-state index contributed by atoms with van der Waals surface area (Å²) in [7, 11) is -1.07. The minimum absolute atomic E-state index is 0.182. The summed E-state index contributed by atoms with van der Waals surface area (Å²) < 4.78 is 11.7. The van der Waals surface area contributed by atoms with Crippen molar-refractivity contribution in [3.63, 3.8) is 0 Å². The summed E-state index contributed by atoms with van der Waals surface area (Å²) in [4.78, 5) is 9.22. The lowest BCUT2D eigenvalue weighted by Gasteiger charge is -2.11. The standard InChI is InChI=1S/C16H15N3O2S/c1-10-3-4-11(20)7-15(10)19-16-13-8-12(22(2)21)5-6-14(13)17-9-18-16/h3-9,20H,1-2H3,(H,17,18,19). The fourth-order valence-corrected chi connectivity index (χ4v) is 2.73. The SMILES string of the molecule is Cc1ccc(O)cc1Nc1ncnc2ccc(S(C)=O)cc12. The van der Waals surface area contributed by atoms with E-state index >= 15 is 0 Å². The van der Waals surface area contributed by atoms with Crippen LogP contribution in [-0.4, -0.2) is 25.5 Å². The third kappa shape index (κ3) is 2.78. The maximum atomic E-state index is 11.7. The molecule has 22 heavy (non-hydrogen) atoms. The molecule has 0 aliphatic rings. The van der Waals surface area contributed by atoms with Crippen molar-refractivity contribution >= 4 is 33.2 Å². The fraction of sp³-hybridized carbons (Fsp3) is 0.125. The van der Waals surface area contributed by atoms with E-state index in [0.717, 1.165) is 27.0 Å². The van der Waals surface area contributed by atoms with Gasteiger partial charge in [0.05, 0.1) is 5.52 Å². The zero-order valence-corrected chi connectivity index (χ0v) is 13.0. The number of aromatic nitrogens is 2. The second kappa shape index (κ2) is 5.73. The fourth-order valence-electron chi connectivity index (χ4n) is 2.19. The number of fused-ring (bicyclic) bond motifs is 1. The molecule has 0 saturated heterocycles. The summed E-state index contributed by atoms with van der Waals surface area (Å²) in [6.45, 7) is 1.94. The topological polar surface area (TPSA) is 75.1 Å². The van der Waals surface area contributed by atoms with Crippen LogP contribution in [0.2, 0.25) is 0 Å². The summed E-state index contributed by atoms with van der Waals surface area (Å²) in [5.41, 5.74) is 2.52. The van der Waals surface area contributed by atoms with E-state index in [0.29, 0.717) is 5.82 Å². The van der Waals surface area contributed by atoms with Gasteiger partial charge in [0.25, 0.3) is 0 Å². The van der Waals surface area contributed by atoms with Crippen molar-refractivity contribution in [2.75, 3.05) is 11.6 Å². The number of aryl methyl sites for hydroxylation is 1. The highest BCUT2D eigenvalue weighted by atomic mass is 32.2. The third-order valence-corrected chi connectivity index (χ3v) is 4.33. The minimum Gasteiger partial charge on any atom is -0.508 e. The molecule has 5 nitrogen and oxygen atoms in total. The van der Waals surface area contributed by atoms with Gasteiger partial charge in [0.2, 0.25) is 0 Å². The van der Waals surface area contributed by atoms with E-state index in [1.54, 1.807) is 24.5 Å². The molecule has 0 spiro atoms. The first-order valence-corrected chi connectivity index (χ1v) is 8.25. The molecular formula is C16H15N3O2S. The number of nitrogens with one attached hydrogen (secondary N) is 1. The van der Waals surface area contributed by atoms with E-state index in [9.17, 15) is 9.32 Å². The van der Waals surface area contributed by atoms with E-state index in [4.69, 9.17) is 0 Å². The van der Waals surface area contributed by atoms with Crippen molar-refractivity contribution < 1.29 is 9.32 Å².